The van der Waals surface area contributed by atoms with Crippen molar-refractivity contribution in [3.05, 3.63) is 0 Å². The van der Waals surface area contributed by atoms with Gasteiger partial charge in [0.1, 0.15) is 6.10 Å². The highest BCUT2D eigenvalue weighted by atomic mass is 16.5. The van der Waals surface area contributed by atoms with Crippen molar-refractivity contribution in [1.82, 2.24) is 4.90 Å². The fraction of sp³-hybridized carbons (Fsp3) is 0.944. The second-order valence-corrected chi connectivity index (χ2v) is 9.21. The van der Waals surface area contributed by atoms with E-state index in [0.29, 0.717) is 22.4 Å². The smallest absolute Gasteiger partial charge is 0.362 e. The number of hydrogen-bond donors (Lipinski definition) is 0. The summed E-state index contributed by atoms with van der Waals surface area (Å²) < 4.78 is 6.65. The quantitative estimate of drug-likeness (QED) is 0.557. The van der Waals surface area contributed by atoms with E-state index in [-0.39, 0.29) is 17.5 Å². The Morgan fingerprint density at radius 1 is 1.27 bits per heavy atom. The highest BCUT2D eigenvalue weighted by Crippen LogP contribution is 2.66. The molecule has 0 spiro atoms. The Labute approximate surface area is 136 Å². The highest BCUT2D eigenvalue weighted by molar-refractivity contribution is 5.71. The summed E-state index contributed by atoms with van der Waals surface area (Å²) in [6, 6.07) is 0. The first kappa shape index (κ1) is 17.7. The second kappa shape index (κ2) is 5.79. The number of nitrogens with zero attached hydrogens (tertiary/aromatic N) is 2. The summed E-state index contributed by atoms with van der Waals surface area (Å²) in [5.41, 5.74) is 0.460. The van der Waals surface area contributed by atoms with Crippen LogP contribution < -0.4 is 0 Å². The van der Waals surface area contributed by atoms with Crippen LogP contribution in [0.3, 0.4) is 0 Å². The normalized spacial score (nSPS) is 33.5. The maximum absolute atomic E-state index is 12.4. The molecule has 4 nitrogen and oxygen atoms in total. The second-order valence-electron chi connectivity index (χ2n) is 9.21. The van der Waals surface area contributed by atoms with Crippen molar-refractivity contribution in [1.29, 1.82) is 0 Å². The molecule has 22 heavy (non-hydrogen) atoms. The van der Waals surface area contributed by atoms with Gasteiger partial charge in [-0.3, -0.25) is 0 Å². The van der Waals surface area contributed by atoms with E-state index in [0.717, 1.165) is 19.5 Å². The Kier molecular flexibility index (Phi) is 4.67. The van der Waals surface area contributed by atoms with Gasteiger partial charge >= 0.3 is 5.97 Å². The lowest BCUT2D eigenvalue weighted by atomic mass is 9.70. The van der Waals surface area contributed by atoms with E-state index < -0.39 is 0 Å². The minimum Gasteiger partial charge on any atom is -0.458 e. The summed E-state index contributed by atoms with van der Waals surface area (Å²) in [6.45, 7) is 9.44. The number of quaternary nitrogens is 1. The van der Waals surface area contributed by atoms with Crippen LogP contribution in [0.25, 0.3) is 0 Å². The van der Waals surface area contributed by atoms with Crippen molar-refractivity contribution in [2.45, 2.75) is 46.1 Å². The van der Waals surface area contributed by atoms with Gasteiger partial charge in [0.2, 0.25) is 0 Å². The van der Waals surface area contributed by atoms with Gasteiger partial charge in [-0.2, -0.15) is 0 Å². The van der Waals surface area contributed by atoms with Crippen LogP contribution in [0, 0.1) is 16.7 Å². The number of rotatable bonds is 6. The number of likely N-dealkylation sites (N-methyl/N-ethyl adjacent to an activating group) is 2. The van der Waals surface area contributed by atoms with Crippen molar-refractivity contribution in [3.8, 4) is 0 Å². The maximum Gasteiger partial charge on any atom is 0.362 e. The molecule has 2 aliphatic carbocycles. The Bertz CT molecular complexity index is 431. The monoisotopic (exact) mass is 311 g/mol. The van der Waals surface area contributed by atoms with Crippen LogP contribution in [-0.2, 0) is 9.53 Å². The van der Waals surface area contributed by atoms with E-state index in [1.807, 2.05) is 0 Å². The highest BCUT2D eigenvalue weighted by Gasteiger charge is 2.62. The molecule has 2 rings (SSSR count). The Balaban J connectivity index is 1.91. The Morgan fingerprint density at radius 3 is 2.36 bits per heavy atom. The van der Waals surface area contributed by atoms with Gasteiger partial charge in [-0.15, -0.1) is 0 Å². The molecule has 0 aromatic carbocycles. The molecular formula is C18H35N2O2+. The molecule has 0 N–H and O–H groups in total. The van der Waals surface area contributed by atoms with E-state index in [1.54, 1.807) is 0 Å². The zero-order chi connectivity index (χ0) is 16.8. The van der Waals surface area contributed by atoms with Crippen molar-refractivity contribution in [2.24, 2.45) is 16.7 Å². The summed E-state index contributed by atoms with van der Waals surface area (Å²) in [7, 11) is 8.35. The van der Waals surface area contributed by atoms with Crippen molar-refractivity contribution in [2.75, 3.05) is 47.8 Å². The zero-order valence-electron chi connectivity index (χ0n) is 15.6. The Morgan fingerprint density at radius 2 is 1.91 bits per heavy atom. The first-order chi connectivity index (χ1) is 9.98. The van der Waals surface area contributed by atoms with Gasteiger partial charge in [-0.25, -0.2) is 4.79 Å². The lowest BCUT2D eigenvalue weighted by Crippen LogP contribution is -2.49. The fourth-order valence-corrected chi connectivity index (χ4v) is 4.40. The molecule has 2 saturated carbocycles. The van der Waals surface area contributed by atoms with Crippen LogP contribution in [-0.4, -0.2) is 69.3 Å². The zero-order valence-corrected chi connectivity index (χ0v) is 15.6. The summed E-state index contributed by atoms with van der Waals surface area (Å²) in [5, 5.41) is 0. The van der Waals surface area contributed by atoms with E-state index >= 15 is 0 Å². The van der Waals surface area contributed by atoms with Gasteiger partial charge in [0, 0.05) is 12.0 Å². The number of hydrogen-bond acceptors (Lipinski definition) is 3. The lowest BCUT2D eigenvalue weighted by Gasteiger charge is -2.39. The number of carbonyl (C=O) groups excluding carboxylic acids is 1. The molecule has 2 bridgehead atoms. The summed E-state index contributed by atoms with van der Waals surface area (Å²) in [4.78, 5) is 14.6. The number of carbonyl (C=O) groups is 1. The molecule has 2 fully saturated rings. The van der Waals surface area contributed by atoms with E-state index in [2.05, 4.69) is 53.9 Å². The fourth-order valence-electron chi connectivity index (χ4n) is 4.40. The molecule has 0 aromatic rings. The molecule has 4 heteroatoms. The standard InChI is InChI=1S/C18H35N2O2/c1-17(2)14-8-9-18(17,3)15(12-14)22-16(21)13-20(6,7)11-10-19(4)5/h14-15H,8-13H2,1-7H3/q+1/t14-,15+,18+/m0/s1. The van der Waals surface area contributed by atoms with Crippen molar-refractivity contribution >= 4 is 5.97 Å². The lowest BCUT2D eigenvalue weighted by molar-refractivity contribution is -0.882. The van der Waals surface area contributed by atoms with Crippen LogP contribution in [0.4, 0.5) is 0 Å². The first-order valence-corrected chi connectivity index (χ1v) is 8.64. The molecule has 128 valence electrons. The molecular weight excluding hydrogens is 276 g/mol. The third-order valence-electron chi connectivity index (χ3n) is 6.70. The van der Waals surface area contributed by atoms with E-state index in [9.17, 15) is 4.79 Å². The minimum atomic E-state index is -0.0293. The molecule has 0 amide bonds. The third kappa shape index (κ3) is 3.18. The van der Waals surface area contributed by atoms with Gasteiger partial charge in [0.05, 0.1) is 20.6 Å². The topological polar surface area (TPSA) is 29.5 Å². The summed E-state index contributed by atoms with van der Waals surface area (Å²) >= 11 is 0. The first-order valence-electron chi connectivity index (χ1n) is 8.64. The van der Waals surface area contributed by atoms with E-state index in [1.165, 1.54) is 12.8 Å². The van der Waals surface area contributed by atoms with Crippen LogP contribution >= 0.6 is 0 Å². The van der Waals surface area contributed by atoms with Gasteiger partial charge in [0.15, 0.2) is 6.54 Å². The molecule has 0 radical (unpaired) electrons. The number of fused-ring (bicyclic) bond motifs is 2. The van der Waals surface area contributed by atoms with Crippen molar-refractivity contribution in [3.63, 3.8) is 0 Å². The largest absolute Gasteiger partial charge is 0.458 e. The molecule has 0 aromatic heterocycles. The molecule has 0 saturated heterocycles. The van der Waals surface area contributed by atoms with E-state index in [4.69, 9.17) is 4.74 Å². The predicted molar refractivity (Wildman–Crippen MR) is 89.5 cm³/mol. The van der Waals surface area contributed by atoms with Gasteiger partial charge in [0.25, 0.3) is 0 Å². The molecule has 0 heterocycles. The average molecular weight is 311 g/mol. The molecule has 2 aliphatic rings. The average Bonchev–Trinajstić information content (AvgIpc) is 2.69. The van der Waals surface area contributed by atoms with Crippen molar-refractivity contribution < 1.29 is 14.0 Å². The minimum absolute atomic E-state index is 0.0293. The van der Waals surface area contributed by atoms with Crippen LogP contribution in [0.2, 0.25) is 0 Å². The SMILES string of the molecule is CN(C)CC[N+](C)(C)CC(=O)O[C@@H]1C[C@@H]2CC[C@@]1(C)C2(C)C. The number of esters is 1. The van der Waals surface area contributed by atoms with Crippen LogP contribution in [0.1, 0.15) is 40.0 Å². The Hall–Kier alpha value is -0.610. The van der Waals surface area contributed by atoms with Gasteiger partial charge in [-0.05, 0) is 44.7 Å². The maximum atomic E-state index is 12.4. The van der Waals surface area contributed by atoms with Gasteiger partial charge < -0.3 is 14.1 Å². The third-order valence-corrected chi connectivity index (χ3v) is 6.70. The van der Waals surface area contributed by atoms with Gasteiger partial charge in [-0.1, -0.05) is 20.8 Å². The molecule has 0 unspecified atom stereocenters. The van der Waals surface area contributed by atoms with Crippen LogP contribution in [0.5, 0.6) is 0 Å². The molecule has 0 aliphatic heterocycles. The summed E-state index contributed by atoms with van der Waals surface area (Å²) in [6.07, 6.45) is 3.66. The summed E-state index contributed by atoms with van der Waals surface area (Å²) in [5.74, 6) is 0.685. The number of ether oxygens (including phenoxy) is 1. The molecule has 3 atom stereocenters. The van der Waals surface area contributed by atoms with Crippen LogP contribution in [0.15, 0.2) is 0 Å². The predicted octanol–water partition coefficient (Wildman–Crippen LogP) is 2.38.